The van der Waals surface area contributed by atoms with Gasteiger partial charge < -0.3 is 18.9 Å². The van der Waals surface area contributed by atoms with Gasteiger partial charge in [0.25, 0.3) is 0 Å². The molecule has 0 aromatic heterocycles. The third-order valence-corrected chi connectivity index (χ3v) is 8.15. The highest BCUT2D eigenvalue weighted by molar-refractivity contribution is 8.01. The first-order chi connectivity index (χ1) is 17.6. The van der Waals surface area contributed by atoms with Crippen molar-refractivity contribution in [2.45, 2.75) is 9.64 Å². The first-order valence-corrected chi connectivity index (χ1v) is 12.3. The molecule has 0 radical (unpaired) electrons. The molecule has 0 N–H and O–H groups in total. The molecule has 2 aliphatic heterocycles. The van der Waals surface area contributed by atoms with E-state index in [1.165, 1.54) is 13.2 Å². The molecule has 6 heteroatoms. The standard InChI is InChI=1S/C30H23FO4S/c1-32-22-12-10-21(11-13-22)30(23-15-26(33-2)27(34-3)16-24(23)31)17-20-9-8-19-14-18-6-4-5-7-25(18)35-28(19)29(20)36-30/h4-17H,1-3H3. The first-order valence-electron chi connectivity index (χ1n) is 11.5. The van der Waals surface area contributed by atoms with Crippen LogP contribution in [0.2, 0.25) is 0 Å². The van der Waals surface area contributed by atoms with E-state index in [1.54, 1.807) is 32.0 Å². The lowest BCUT2D eigenvalue weighted by molar-refractivity contribution is 0.351. The highest BCUT2D eigenvalue weighted by Gasteiger charge is 2.42. The van der Waals surface area contributed by atoms with Crippen LogP contribution in [0, 0.1) is 5.82 Å². The van der Waals surface area contributed by atoms with Gasteiger partial charge in [0, 0.05) is 22.4 Å². The second kappa shape index (κ2) is 8.64. The van der Waals surface area contributed by atoms with Crippen LogP contribution in [0.1, 0.15) is 16.7 Å². The molecule has 0 saturated heterocycles. The number of methoxy groups -OCH3 is 3. The van der Waals surface area contributed by atoms with Crippen LogP contribution in [0.15, 0.2) is 77.7 Å². The fourth-order valence-electron chi connectivity index (χ4n) is 4.82. The van der Waals surface area contributed by atoms with Crippen LogP contribution in [-0.4, -0.2) is 21.3 Å². The zero-order valence-electron chi connectivity index (χ0n) is 20.0. The van der Waals surface area contributed by atoms with Gasteiger partial charge in [-0.3, -0.25) is 0 Å². The molecule has 180 valence electrons. The molecule has 0 bridgehead atoms. The third kappa shape index (κ3) is 3.44. The Morgan fingerprint density at radius 2 is 1.53 bits per heavy atom. The molecule has 0 spiro atoms. The average molecular weight is 499 g/mol. The number of fused-ring (bicyclic) bond motifs is 4. The summed E-state index contributed by atoms with van der Waals surface area (Å²) in [6.45, 7) is 0. The fourth-order valence-corrected chi connectivity index (χ4v) is 6.34. The van der Waals surface area contributed by atoms with Crippen molar-refractivity contribution in [3.05, 3.63) is 106 Å². The highest BCUT2D eigenvalue weighted by atomic mass is 32.2. The number of ether oxygens (including phenoxy) is 4. The van der Waals surface area contributed by atoms with E-state index < -0.39 is 4.75 Å². The highest BCUT2D eigenvalue weighted by Crippen LogP contribution is 2.54. The molecule has 0 aliphatic carbocycles. The largest absolute Gasteiger partial charge is 0.497 e. The topological polar surface area (TPSA) is 36.9 Å². The first kappa shape index (κ1) is 22.6. The normalized spacial score (nSPS) is 17.0. The van der Waals surface area contributed by atoms with Gasteiger partial charge >= 0.3 is 0 Å². The van der Waals surface area contributed by atoms with E-state index in [1.807, 2.05) is 48.5 Å². The van der Waals surface area contributed by atoms with Crippen LogP contribution >= 0.6 is 11.8 Å². The molecular weight excluding hydrogens is 475 g/mol. The number of thioether (sulfide) groups is 1. The summed E-state index contributed by atoms with van der Waals surface area (Å²) in [5.74, 6) is 2.74. The minimum atomic E-state index is -0.867. The fraction of sp³-hybridized carbons (Fsp3) is 0.133. The van der Waals surface area contributed by atoms with Crippen LogP contribution in [-0.2, 0) is 4.75 Å². The minimum absolute atomic E-state index is 0.344. The van der Waals surface area contributed by atoms with Gasteiger partial charge in [0.2, 0.25) is 0 Å². The maximum atomic E-state index is 15.8. The van der Waals surface area contributed by atoms with Crippen LogP contribution in [0.5, 0.6) is 28.7 Å². The molecule has 1 unspecified atom stereocenters. The van der Waals surface area contributed by atoms with E-state index in [0.29, 0.717) is 17.1 Å². The van der Waals surface area contributed by atoms with Crippen molar-refractivity contribution >= 4 is 23.9 Å². The van der Waals surface area contributed by atoms with Crippen molar-refractivity contribution in [3.63, 3.8) is 0 Å². The van der Waals surface area contributed by atoms with Crippen LogP contribution < -0.4 is 29.4 Å². The molecule has 4 aromatic carbocycles. The number of hydrogen-bond donors (Lipinski definition) is 0. The van der Waals surface area contributed by atoms with Gasteiger partial charge in [-0.2, -0.15) is 0 Å². The quantitative estimate of drug-likeness (QED) is 0.315. The Balaban J connectivity index is 1.58. The zero-order chi connectivity index (χ0) is 24.9. The van der Waals surface area contributed by atoms with Crippen molar-refractivity contribution in [2.75, 3.05) is 21.3 Å². The lowest BCUT2D eigenvalue weighted by atomic mass is 9.88. The number of benzene rings is 4. The van der Waals surface area contributed by atoms with E-state index in [-0.39, 0.29) is 5.82 Å². The van der Waals surface area contributed by atoms with Gasteiger partial charge in [0.15, 0.2) is 11.5 Å². The molecule has 36 heavy (non-hydrogen) atoms. The summed E-state index contributed by atoms with van der Waals surface area (Å²) in [6.07, 6.45) is 4.22. The molecule has 2 heterocycles. The number of hydrogen-bond acceptors (Lipinski definition) is 5. The SMILES string of the molecule is COc1ccc(C2(c3cc(OC)c(OC)cc3F)C=c3ccc4c(c3S2)Oc2ccccc2C=4)cc1. The second-order valence-electron chi connectivity index (χ2n) is 8.58. The van der Waals surface area contributed by atoms with Crippen molar-refractivity contribution in [3.8, 4) is 28.7 Å². The molecule has 0 saturated carbocycles. The Morgan fingerprint density at radius 1 is 0.806 bits per heavy atom. The Kier molecular flexibility index (Phi) is 5.41. The number of rotatable bonds is 5. The van der Waals surface area contributed by atoms with Crippen molar-refractivity contribution in [1.82, 2.24) is 0 Å². The van der Waals surface area contributed by atoms with E-state index in [4.69, 9.17) is 18.9 Å². The minimum Gasteiger partial charge on any atom is -0.497 e. The summed E-state index contributed by atoms with van der Waals surface area (Å²) < 4.78 is 37.6. The van der Waals surface area contributed by atoms with Gasteiger partial charge in [0.05, 0.1) is 31.0 Å². The summed E-state index contributed by atoms with van der Waals surface area (Å²) in [4.78, 5) is 0.961. The molecule has 0 amide bonds. The average Bonchev–Trinajstić information content (AvgIpc) is 3.33. The third-order valence-electron chi connectivity index (χ3n) is 6.63. The predicted molar refractivity (Wildman–Crippen MR) is 139 cm³/mol. The lowest BCUT2D eigenvalue weighted by Gasteiger charge is -2.30. The molecule has 0 fully saturated rings. The van der Waals surface area contributed by atoms with Gasteiger partial charge in [-0.05, 0) is 41.1 Å². The molecule has 4 nitrogen and oxygen atoms in total. The van der Waals surface area contributed by atoms with Gasteiger partial charge in [-0.15, -0.1) is 11.8 Å². The van der Waals surface area contributed by atoms with Crippen LogP contribution in [0.25, 0.3) is 12.2 Å². The Morgan fingerprint density at radius 3 is 2.28 bits per heavy atom. The summed E-state index contributed by atoms with van der Waals surface area (Å²) in [6, 6.07) is 22.9. The number of para-hydroxylation sites is 1. The van der Waals surface area contributed by atoms with E-state index in [0.717, 1.165) is 43.7 Å². The van der Waals surface area contributed by atoms with Crippen molar-refractivity contribution in [2.24, 2.45) is 0 Å². The maximum absolute atomic E-state index is 15.8. The van der Waals surface area contributed by atoms with E-state index in [2.05, 4.69) is 24.3 Å². The zero-order valence-corrected chi connectivity index (χ0v) is 20.8. The summed E-state index contributed by atoms with van der Waals surface area (Å²) >= 11 is 1.56. The number of halogens is 1. The molecular formula is C30H23FO4S. The van der Waals surface area contributed by atoms with Gasteiger partial charge in [-0.25, -0.2) is 4.39 Å². The molecule has 2 aliphatic rings. The van der Waals surface area contributed by atoms with Crippen molar-refractivity contribution < 1.29 is 23.3 Å². The lowest BCUT2D eigenvalue weighted by Crippen LogP contribution is -2.21. The smallest absolute Gasteiger partial charge is 0.163 e. The van der Waals surface area contributed by atoms with Crippen LogP contribution in [0.4, 0.5) is 4.39 Å². The van der Waals surface area contributed by atoms with E-state index in [9.17, 15) is 0 Å². The summed E-state index contributed by atoms with van der Waals surface area (Å²) in [5.41, 5.74) is 2.41. The van der Waals surface area contributed by atoms with E-state index >= 15 is 4.39 Å². The Labute approximate surface area is 212 Å². The molecule has 6 rings (SSSR count). The maximum Gasteiger partial charge on any atom is 0.163 e. The van der Waals surface area contributed by atoms with Gasteiger partial charge in [0.1, 0.15) is 23.1 Å². The second-order valence-corrected chi connectivity index (χ2v) is 9.84. The van der Waals surface area contributed by atoms with Crippen molar-refractivity contribution in [1.29, 1.82) is 0 Å². The predicted octanol–water partition coefficient (Wildman–Crippen LogP) is 5.62. The van der Waals surface area contributed by atoms with Gasteiger partial charge in [-0.1, -0.05) is 48.5 Å². The Hall–Kier alpha value is -3.90. The van der Waals surface area contributed by atoms with Crippen LogP contribution in [0.3, 0.4) is 0 Å². The monoisotopic (exact) mass is 498 g/mol. The summed E-state index contributed by atoms with van der Waals surface area (Å²) in [7, 11) is 4.68. The summed E-state index contributed by atoms with van der Waals surface area (Å²) in [5, 5.41) is 1.98. The molecule has 1 atom stereocenters. The Bertz CT molecular complexity index is 1610. The molecule has 4 aromatic rings.